The Morgan fingerprint density at radius 2 is 1.86 bits per heavy atom. The van der Waals surface area contributed by atoms with Crippen molar-refractivity contribution in [2.75, 3.05) is 12.3 Å². The van der Waals surface area contributed by atoms with Gasteiger partial charge in [-0.25, -0.2) is 4.79 Å². The number of ether oxygens (including phenoxy) is 1. The minimum absolute atomic E-state index is 0.436. The SMILES string of the molecule is CC(C)(C)OC(=O)NCCSSSC(C)(C)[C@H](N)C(=O)O. The van der Waals surface area contributed by atoms with Gasteiger partial charge >= 0.3 is 12.1 Å². The molecule has 124 valence electrons. The molecule has 9 heteroatoms. The van der Waals surface area contributed by atoms with Crippen molar-refractivity contribution < 1.29 is 19.4 Å². The fourth-order valence-electron chi connectivity index (χ4n) is 1.00. The first-order valence-corrected chi connectivity index (χ1v) is 10.0. The molecule has 0 heterocycles. The number of hydrogen-bond acceptors (Lipinski definition) is 7. The zero-order chi connectivity index (χ0) is 16.7. The number of carbonyl (C=O) groups excluding carboxylic acids is 1. The fraction of sp³-hybridized carbons (Fsp3) is 0.833. The summed E-state index contributed by atoms with van der Waals surface area (Å²) in [7, 11) is 4.41. The second kappa shape index (κ2) is 9.02. The van der Waals surface area contributed by atoms with E-state index in [1.807, 2.05) is 20.8 Å². The molecule has 1 amide bonds. The summed E-state index contributed by atoms with van der Waals surface area (Å²) in [5, 5.41) is 11.6. The van der Waals surface area contributed by atoms with Crippen LogP contribution in [-0.4, -0.2) is 45.9 Å². The highest BCUT2D eigenvalue weighted by atomic mass is 33.5. The van der Waals surface area contributed by atoms with Crippen molar-refractivity contribution in [1.29, 1.82) is 0 Å². The van der Waals surface area contributed by atoms with Gasteiger partial charge in [-0.1, -0.05) is 21.6 Å². The lowest BCUT2D eigenvalue weighted by Gasteiger charge is -2.26. The van der Waals surface area contributed by atoms with E-state index in [1.54, 1.807) is 13.8 Å². The monoisotopic (exact) mass is 356 g/mol. The topological polar surface area (TPSA) is 102 Å². The molecule has 0 aliphatic rings. The van der Waals surface area contributed by atoms with E-state index in [0.29, 0.717) is 12.3 Å². The molecule has 6 nitrogen and oxygen atoms in total. The molecule has 0 saturated heterocycles. The normalized spacial score (nSPS) is 13.6. The van der Waals surface area contributed by atoms with E-state index in [0.717, 1.165) is 0 Å². The molecule has 0 radical (unpaired) electrons. The van der Waals surface area contributed by atoms with Gasteiger partial charge in [0.05, 0.1) is 0 Å². The smallest absolute Gasteiger partial charge is 0.407 e. The Kier molecular flexibility index (Phi) is 8.91. The van der Waals surface area contributed by atoms with Crippen molar-refractivity contribution in [1.82, 2.24) is 5.32 Å². The Balaban J connectivity index is 3.78. The maximum atomic E-state index is 11.4. The van der Waals surface area contributed by atoms with Crippen molar-refractivity contribution >= 4 is 43.5 Å². The van der Waals surface area contributed by atoms with E-state index in [4.69, 9.17) is 15.6 Å². The largest absolute Gasteiger partial charge is 0.480 e. The summed E-state index contributed by atoms with van der Waals surface area (Å²) in [6.07, 6.45) is -0.436. The number of carboxylic acid groups (broad SMARTS) is 1. The number of carbonyl (C=O) groups is 2. The van der Waals surface area contributed by atoms with Gasteiger partial charge in [-0.2, -0.15) is 0 Å². The first kappa shape index (κ1) is 20.8. The highest BCUT2D eigenvalue weighted by Gasteiger charge is 2.33. The predicted molar refractivity (Wildman–Crippen MR) is 91.6 cm³/mol. The van der Waals surface area contributed by atoms with E-state index >= 15 is 0 Å². The van der Waals surface area contributed by atoms with Gasteiger partial charge in [0.1, 0.15) is 11.6 Å². The van der Waals surface area contributed by atoms with E-state index in [-0.39, 0.29) is 0 Å². The Morgan fingerprint density at radius 1 is 1.29 bits per heavy atom. The van der Waals surface area contributed by atoms with Crippen LogP contribution >= 0.6 is 31.4 Å². The summed E-state index contributed by atoms with van der Waals surface area (Å²) in [6, 6.07) is -0.921. The molecule has 0 fully saturated rings. The molecule has 0 spiro atoms. The summed E-state index contributed by atoms with van der Waals surface area (Å²) in [6.45, 7) is 9.50. The molecule has 0 aromatic carbocycles. The number of amides is 1. The quantitative estimate of drug-likeness (QED) is 0.451. The van der Waals surface area contributed by atoms with Gasteiger partial charge in [0, 0.05) is 17.0 Å². The minimum atomic E-state index is -1.01. The molecule has 0 aromatic rings. The van der Waals surface area contributed by atoms with Crippen molar-refractivity contribution in [2.24, 2.45) is 5.73 Å². The van der Waals surface area contributed by atoms with Crippen molar-refractivity contribution in [3.63, 3.8) is 0 Å². The molecular weight excluding hydrogens is 332 g/mol. The van der Waals surface area contributed by atoms with Crippen LogP contribution in [0.25, 0.3) is 0 Å². The molecule has 0 aliphatic carbocycles. The number of alkyl carbamates (subject to hydrolysis) is 1. The van der Waals surface area contributed by atoms with Gasteiger partial charge in [0.2, 0.25) is 0 Å². The molecule has 0 aromatic heterocycles. The lowest BCUT2D eigenvalue weighted by Crippen LogP contribution is -2.46. The van der Waals surface area contributed by atoms with E-state index in [2.05, 4.69) is 5.32 Å². The van der Waals surface area contributed by atoms with Gasteiger partial charge in [-0.3, -0.25) is 4.79 Å². The van der Waals surface area contributed by atoms with E-state index in [9.17, 15) is 9.59 Å². The highest BCUT2D eigenvalue weighted by Crippen LogP contribution is 2.44. The summed E-state index contributed by atoms with van der Waals surface area (Å²) in [4.78, 5) is 22.2. The third-order valence-corrected chi connectivity index (χ3v) is 7.14. The van der Waals surface area contributed by atoms with Crippen molar-refractivity contribution in [2.45, 2.75) is 51.0 Å². The number of nitrogens with two attached hydrogens (primary N) is 1. The summed E-state index contributed by atoms with van der Waals surface area (Å²) >= 11 is 0. The van der Waals surface area contributed by atoms with Crippen LogP contribution in [0.5, 0.6) is 0 Å². The van der Waals surface area contributed by atoms with E-state index < -0.39 is 28.5 Å². The Bertz CT molecular complexity index is 359. The zero-order valence-corrected chi connectivity index (χ0v) is 15.4. The number of aliphatic carboxylic acids is 1. The van der Waals surface area contributed by atoms with Gasteiger partial charge in [0.15, 0.2) is 0 Å². The van der Waals surface area contributed by atoms with Crippen LogP contribution in [0.2, 0.25) is 0 Å². The molecule has 4 N–H and O–H groups in total. The number of nitrogens with one attached hydrogen (secondary N) is 1. The second-order valence-corrected chi connectivity index (χ2v) is 10.7. The minimum Gasteiger partial charge on any atom is -0.480 e. The van der Waals surface area contributed by atoms with Gasteiger partial charge in [0.25, 0.3) is 0 Å². The van der Waals surface area contributed by atoms with Crippen molar-refractivity contribution in [3.05, 3.63) is 0 Å². The lowest BCUT2D eigenvalue weighted by atomic mass is 10.1. The molecule has 0 rings (SSSR count). The average molecular weight is 357 g/mol. The number of rotatable bonds is 8. The highest BCUT2D eigenvalue weighted by molar-refractivity contribution is 9.09. The van der Waals surface area contributed by atoms with Crippen LogP contribution in [0.1, 0.15) is 34.6 Å². The van der Waals surface area contributed by atoms with Crippen LogP contribution < -0.4 is 11.1 Å². The molecule has 0 bridgehead atoms. The maximum Gasteiger partial charge on any atom is 0.407 e. The van der Waals surface area contributed by atoms with Crippen LogP contribution in [0.4, 0.5) is 4.79 Å². The first-order chi connectivity index (χ1) is 9.46. The van der Waals surface area contributed by atoms with Crippen molar-refractivity contribution in [3.8, 4) is 0 Å². The summed E-state index contributed by atoms with van der Waals surface area (Å²) in [5.41, 5.74) is 5.12. The zero-order valence-electron chi connectivity index (χ0n) is 13.0. The lowest BCUT2D eigenvalue weighted by molar-refractivity contribution is -0.139. The van der Waals surface area contributed by atoms with Gasteiger partial charge in [-0.05, 0) is 44.4 Å². The molecular formula is C12H24N2O4S3. The maximum absolute atomic E-state index is 11.4. The molecule has 21 heavy (non-hydrogen) atoms. The van der Waals surface area contributed by atoms with Gasteiger partial charge in [-0.15, -0.1) is 0 Å². The first-order valence-electron chi connectivity index (χ1n) is 6.38. The fourth-order valence-corrected chi connectivity index (χ4v) is 5.74. The Morgan fingerprint density at radius 3 is 2.33 bits per heavy atom. The molecule has 0 unspecified atom stereocenters. The third-order valence-electron chi connectivity index (χ3n) is 2.17. The average Bonchev–Trinajstić information content (AvgIpc) is 2.30. The third kappa shape index (κ3) is 10.2. The van der Waals surface area contributed by atoms with E-state index in [1.165, 1.54) is 31.4 Å². The standard InChI is InChI=1S/C12H24N2O4S3/c1-11(2,3)18-10(17)14-6-7-19-21-20-12(4,5)8(13)9(15)16/h8H,6-7,13H2,1-5H3,(H,14,17)(H,15,16)/t8-/m1/s1. The van der Waals surface area contributed by atoms with Gasteiger partial charge < -0.3 is 20.9 Å². The molecule has 0 aliphatic heterocycles. The second-order valence-electron chi connectivity index (χ2n) is 5.82. The predicted octanol–water partition coefficient (Wildman–Crippen LogP) is 2.73. The molecule has 1 atom stereocenters. The van der Waals surface area contributed by atoms with Crippen LogP contribution in [0, 0.1) is 0 Å². The number of carboxylic acids is 1. The summed E-state index contributed by atoms with van der Waals surface area (Å²) < 4.78 is 4.54. The Labute approximate surface area is 137 Å². The number of hydrogen-bond donors (Lipinski definition) is 3. The Hall–Kier alpha value is -0.250. The molecule has 0 saturated carbocycles. The van der Waals surface area contributed by atoms with Crippen LogP contribution in [0.15, 0.2) is 0 Å². The van der Waals surface area contributed by atoms with Crippen LogP contribution in [-0.2, 0) is 9.53 Å². The summed E-state index contributed by atoms with van der Waals surface area (Å²) in [5.74, 6) is -0.320. The van der Waals surface area contributed by atoms with Crippen LogP contribution in [0.3, 0.4) is 0 Å².